The zero-order valence-electron chi connectivity index (χ0n) is 14.7. The van der Waals surface area contributed by atoms with Crippen molar-refractivity contribution in [2.24, 2.45) is 11.7 Å². The first-order valence-electron chi connectivity index (χ1n) is 8.37. The highest BCUT2D eigenvalue weighted by Crippen LogP contribution is 2.18. The third kappa shape index (κ3) is 6.26. The van der Waals surface area contributed by atoms with Gasteiger partial charge >= 0.3 is 0 Å². The van der Waals surface area contributed by atoms with Gasteiger partial charge in [0.25, 0.3) is 0 Å². The van der Waals surface area contributed by atoms with Crippen molar-refractivity contribution in [3.05, 3.63) is 35.9 Å². The van der Waals surface area contributed by atoms with Crippen molar-refractivity contribution in [1.82, 2.24) is 9.62 Å². The maximum Gasteiger partial charge on any atom is 0.224 e. The van der Waals surface area contributed by atoms with Crippen molar-refractivity contribution in [3.63, 3.8) is 0 Å². The lowest BCUT2D eigenvalue weighted by Gasteiger charge is -2.32. The zero-order valence-corrected chi connectivity index (χ0v) is 16.4. The van der Waals surface area contributed by atoms with Crippen LogP contribution < -0.4 is 11.1 Å². The van der Waals surface area contributed by atoms with Gasteiger partial charge in [-0.25, -0.2) is 12.7 Å². The minimum absolute atomic E-state index is 0. The Morgan fingerprint density at radius 3 is 2.32 bits per heavy atom. The minimum Gasteiger partial charge on any atom is -0.353 e. The Labute approximate surface area is 156 Å². The van der Waals surface area contributed by atoms with Gasteiger partial charge in [0.2, 0.25) is 15.9 Å². The summed E-state index contributed by atoms with van der Waals surface area (Å²) >= 11 is 0. The van der Waals surface area contributed by atoms with E-state index in [1.54, 1.807) is 6.92 Å². The normalized spacial score (nSPS) is 18.8. The number of halogens is 1. The second-order valence-corrected chi connectivity index (χ2v) is 8.54. The van der Waals surface area contributed by atoms with Gasteiger partial charge in [-0.1, -0.05) is 37.3 Å². The average Bonchev–Trinajstić information content (AvgIpc) is 2.55. The predicted molar refractivity (Wildman–Crippen MR) is 102 cm³/mol. The lowest BCUT2D eigenvalue weighted by Crippen LogP contribution is -2.49. The third-order valence-electron chi connectivity index (χ3n) is 4.59. The summed E-state index contributed by atoms with van der Waals surface area (Å²) in [6, 6.07) is 9.00. The highest BCUT2D eigenvalue weighted by atomic mass is 35.5. The topological polar surface area (TPSA) is 92.5 Å². The molecule has 8 heteroatoms. The Morgan fingerprint density at radius 2 is 1.80 bits per heavy atom. The fourth-order valence-electron chi connectivity index (χ4n) is 2.73. The number of piperidine rings is 1. The molecule has 1 aliphatic rings. The molecule has 1 fully saturated rings. The Hall–Kier alpha value is -1.15. The van der Waals surface area contributed by atoms with E-state index in [1.165, 1.54) is 4.31 Å². The number of benzene rings is 1. The monoisotopic (exact) mass is 389 g/mol. The van der Waals surface area contributed by atoms with E-state index in [0.29, 0.717) is 25.9 Å². The van der Waals surface area contributed by atoms with Crippen LogP contribution in [0.1, 0.15) is 32.3 Å². The SMILES string of the molecule is CC(N)C(C)C(=O)NC1CCN(S(=O)(=O)Cc2ccccc2)CC1.Cl. The number of sulfonamides is 1. The molecule has 1 aromatic rings. The van der Waals surface area contributed by atoms with Gasteiger partial charge in [0, 0.05) is 31.1 Å². The third-order valence-corrected chi connectivity index (χ3v) is 6.44. The van der Waals surface area contributed by atoms with Crippen LogP contribution in [0.2, 0.25) is 0 Å². The summed E-state index contributed by atoms with van der Waals surface area (Å²) in [7, 11) is -3.32. The first-order valence-corrected chi connectivity index (χ1v) is 9.98. The first-order chi connectivity index (χ1) is 11.3. The number of nitrogens with two attached hydrogens (primary N) is 1. The summed E-state index contributed by atoms with van der Waals surface area (Å²) in [6.07, 6.45) is 1.26. The van der Waals surface area contributed by atoms with E-state index >= 15 is 0 Å². The largest absolute Gasteiger partial charge is 0.353 e. The minimum atomic E-state index is -3.32. The van der Waals surface area contributed by atoms with Crippen LogP contribution in [0, 0.1) is 5.92 Å². The molecular weight excluding hydrogens is 362 g/mol. The summed E-state index contributed by atoms with van der Waals surface area (Å²) in [5, 5.41) is 2.98. The lowest BCUT2D eigenvalue weighted by molar-refractivity contribution is -0.125. The summed E-state index contributed by atoms with van der Waals surface area (Å²) in [5.41, 5.74) is 6.54. The van der Waals surface area contributed by atoms with Crippen LogP contribution >= 0.6 is 12.4 Å². The molecule has 25 heavy (non-hydrogen) atoms. The highest BCUT2D eigenvalue weighted by Gasteiger charge is 2.29. The van der Waals surface area contributed by atoms with Crippen molar-refractivity contribution < 1.29 is 13.2 Å². The van der Waals surface area contributed by atoms with Gasteiger partial charge in [0.1, 0.15) is 0 Å². The molecule has 1 heterocycles. The van der Waals surface area contributed by atoms with Gasteiger partial charge in [-0.05, 0) is 25.3 Å². The number of nitrogens with zero attached hydrogens (tertiary/aromatic N) is 1. The Balaban J connectivity index is 0.00000312. The van der Waals surface area contributed by atoms with Crippen molar-refractivity contribution in [2.45, 2.75) is 44.5 Å². The van der Waals surface area contributed by atoms with E-state index in [1.807, 2.05) is 37.3 Å². The van der Waals surface area contributed by atoms with Crippen molar-refractivity contribution in [3.8, 4) is 0 Å². The van der Waals surface area contributed by atoms with E-state index in [0.717, 1.165) is 5.56 Å². The molecule has 0 aromatic heterocycles. The van der Waals surface area contributed by atoms with Crippen molar-refractivity contribution >= 4 is 28.3 Å². The summed E-state index contributed by atoms with van der Waals surface area (Å²) < 4.78 is 26.5. The van der Waals surface area contributed by atoms with Gasteiger partial charge < -0.3 is 11.1 Å². The number of rotatable bonds is 6. The molecule has 0 aliphatic carbocycles. The van der Waals surface area contributed by atoms with Gasteiger partial charge in [-0.3, -0.25) is 4.79 Å². The molecule has 6 nitrogen and oxygen atoms in total. The Morgan fingerprint density at radius 1 is 1.24 bits per heavy atom. The molecule has 142 valence electrons. The van der Waals surface area contributed by atoms with Crippen LogP contribution in [-0.2, 0) is 20.6 Å². The van der Waals surface area contributed by atoms with Crippen LogP contribution in [0.3, 0.4) is 0 Å². The molecule has 1 saturated heterocycles. The molecule has 0 radical (unpaired) electrons. The van der Waals surface area contributed by atoms with E-state index in [4.69, 9.17) is 5.73 Å². The maximum atomic E-state index is 12.5. The van der Waals surface area contributed by atoms with Crippen LogP contribution in [0.5, 0.6) is 0 Å². The number of hydrogen-bond donors (Lipinski definition) is 2. The van der Waals surface area contributed by atoms with Gasteiger partial charge in [0.15, 0.2) is 0 Å². The molecule has 0 saturated carbocycles. The van der Waals surface area contributed by atoms with Crippen molar-refractivity contribution in [2.75, 3.05) is 13.1 Å². The molecule has 1 aliphatic heterocycles. The van der Waals surface area contributed by atoms with E-state index < -0.39 is 10.0 Å². The van der Waals surface area contributed by atoms with Crippen LogP contribution in [-0.4, -0.2) is 43.8 Å². The molecule has 2 rings (SSSR count). The molecular formula is C17H28ClN3O3S. The molecule has 1 amide bonds. The number of carbonyl (C=O) groups excluding carboxylic acids is 1. The lowest BCUT2D eigenvalue weighted by atomic mass is 10.0. The molecule has 0 spiro atoms. The van der Waals surface area contributed by atoms with E-state index in [-0.39, 0.29) is 42.1 Å². The Bertz CT molecular complexity index is 644. The second-order valence-electron chi connectivity index (χ2n) is 6.57. The van der Waals surface area contributed by atoms with Crippen LogP contribution in [0.25, 0.3) is 0 Å². The molecule has 2 atom stereocenters. The maximum absolute atomic E-state index is 12.5. The molecule has 0 bridgehead atoms. The molecule has 1 aromatic carbocycles. The molecule has 2 unspecified atom stereocenters. The summed E-state index contributed by atoms with van der Waals surface area (Å²) in [5.74, 6) is -0.285. The van der Waals surface area contributed by atoms with Crippen molar-refractivity contribution in [1.29, 1.82) is 0 Å². The van der Waals surface area contributed by atoms with Gasteiger partial charge in [-0.2, -0.15) is 0 Å². The van der Waals surface area contributed by atoms with E-state index in [9.17, 15) is 13.2 Å². The smallest absolute Gasteiger partial charge is 0.224 e. The van der Waals surface area contributed by atoms with E-state index in [2.05, 4.69) is 5.32 Å². The molecule has 3 N–H and O–H groups in total. The quantitative estimate of drug-likeness (QED) is 0.771. The average molecular weight is 390 g/mol. The summed E-state index contributed by atoms with van der Waals surface area (Å²) in [6.45, 7) is 4.49. The Kier molecular flexibility index (Phi) is 8.34. The van der Waals surface area contributed by atoms with Crippen LogP contribution in [0.15, 0.2) is 30.3 Å². The highest BCUT2D eigenvalue weighted by molar-refractivity contribution is 7.88. The summed E-state index contributed by atoms with van der Waals surface area (Å²) in [4.78, 5) is 12.0. The van der Waals surface area contributed by atoms with Crippen LogP contribution in [0.4, 0.5) is 0 Å². The zero-order chi connectivity index (χ0) is 17.7. The number of hydrogen-bond acceptors (Lipinski definition) is 4. The number of nitrogens with one attached hydrogen (secondary N) is 1. The predicted octanol–water partition coefficient (Wildman–Crippen LogP) is 1.50. The standard InChI is InChI=1S/C17H27N3O3S.ClH/c1-13(14(2)18)17(21)19-16-8-10-20(11-9-16)24(22,23)12-15-6-4-3-5-7-15;/h3-7,13-14,16H,8-12,18H2,1-2H3,(H,19,21);1H. The fraction of sp³-hybridized carbons (Fsp3) is 0.588. The first kappa shape index (κ1) is 21.9. The fourth-order valence-corrected chi connectivity index (χ4v) is 4.29. The van der Waals surface area contributed by atoms with Gasteiger partial charge in [-0.15, -0.1) is 12.4 Å². The number of carbonyl (C=O) groups is 1. The second kappa shape index (κ2) is 9.52. The number of amides is 1. The van der Waals surface area contributed by atoms with Gasteiger partial charge in [0.05, 0.1) is 5.75 Å².